The highest BCUT2D eigenvalue weighted by molar-refractivity contribution is 5.85. The molecule has 1 unspecified atom stereocenters. The lowest BCUT2D eigenvalue weighted by molar-refractivity contribution is -0.137. The largest absolute Gasteiger partial charge is 0.481 e. The molecule has 28 heavy (non-hydrogen) atoms. The number of benzene rings is 2. The number of hydrogen-bond acceptors (Lipinski definition) is 3. The fraction of sp³-hybridized carbons (Fsp3) is 0.435. The summed E-state index contributed by atoms with van der Waals surface area (Å²) in [5, 5.41) is 3.48. The molecule has 2 saturated heterocycles. The molecule has 2 aromatic carbocycles. The zero-order valence-electron chi connectivity index (χ0n) is 16.3. The van der Waals surface area contributed by atoms with Crippen molar-refractivity contribution < 1.29 is 9.53 Å². The van der Waals surface area contributed by atoms with E-state index in [0.717, 1.165) is 62.2 Å². The van der Waals surface area contributed by atoms with Crippen molar-refractivity contribution >= 4 is 18.3 Å². The predicted octanol–water partition coefficient (Wildman–Crippen LogP) is 4.00. The minimum Gasteiger partial charge on any atom is -0.481 e. The molecule has 5 heteroatoms. The van der Waals surface area contributed by atoms with Crippen LogP contribution in [-0.2, 0) is 4.79 Å². The SMILES string of the molecule is CC(Oc1ccc(-c2ccccc2)cc1)C(=O)N1CC[C@@H]2CNC[C@@H]2CC1.Cl. The molecule has 0 aliphatic carbocycles. The molecule has 2 aliphatic heterocycles. The number of ether oxygens (including phenoxy) is 1. The van der Waals surface area contributed by atoms with Crippen molar-refractivity contribution in [1.29, 1.82) is 0 Å². The average Bonchev–Trinajstić information content (AvgIpc) is 3.07. The molecule has 3 atom stereocenters. The quantitative estimate of drug-likeness (QED) is 0.843. The van der Waals surface area contributed by atoms with Gasteiger partial charge in [-0.2, -0.15) is 0 Å². The van der Waals surface area contributed by atoms with Crippen LogP contribution >= 0.6 is 12.4 Å². The Morgan fingerprint density at radius 1 is 0.964 bits per heavy atom. The maximum Gasteiger partial charge on any atom is 0.263 e. The van der Waals surface area contributed by atoms with Gasteiger partial charge in [-0.1, -0.05) is 42.5 Å². The highest BCUT2D eigenvalue weighted by Crippen LogP contribution is 2.28. The number of amides is 1. The lowest BCUT2D eigenvalue weighted by atomic mass is 9.92. The second kappa shape index (κ2) is 9.44. The van der Waals surface area contributed by atoms with Gasteiger partial charge in [0.1, 0.15) is 5.75 Å². The molecule has 2 aromatic rings. The molecule has 150 valence electrons. The van der Waals surface area contributed by atoms with Crippen LogP contribution < -0.4 is 10.1 Å². The van der Waals surface area contributed by atoms with Crippen molar-refractivity contribution in [2.24, 2.45) is 11.8 Å². The molecule has 0 bridgehead atoms. The van der Waals surface area contributed by atoms with E-state index in [2.05, 4.69) is 17.4 Å². The zero-order valence-corrected chi connectivity index (χ0v) is 17.2. The number of fused-ring (bicyclic) bond motifs is 1. The van der Waals surface area contributed by atoms with Crippen molar-refractivity contribution in [1.82, 2.24) is 10.2 Å². The second-order valence-corrected chi connectivity index (χ2v) is 7.73. The van der Waals surface area contributed by atoms with Crippen LogP contribution in [0, 0.1) is 11.8 Å². The first-order valence-corrected chi connectivity index (χ1v) is 10.0. The van der Waals surface area contributed by atoms with E-state index in [1.807, 2.05) is 54.3 Å². The third-order valence-electron chi connectivity index (χ3n) is 5.95. The number of nitrogens with zero attached hydrogens (tertiary/aromatic N) is 1. The first-order valence-electron chi connectivity index (χ1n) is 10.0. The smallest absolute Gasteiger partial charge is 0.263 e. The normalized spacial score (nSPS) is 22.5. The summed E-state index contributed by atoms with van der Waals surface area (Å²) in [5.41, 5.74) is 2.33. The van der Waals surface area contributed by atoms with E-state index in [9.17, 15) is 4.79 Å². The summed E-state index contributed by atoms with van der Waals surface area (Å²) in [5.74, 6) is 2.30. The Balaban J connectivity index is 0.00000225. The van der Waals surface area contributed by atoms with E-state index >= 15 is 0 Å². The Kier molecular flexibility index (Phi) is 6.97. The first kappa shape index (κ1) is 20.7. The number of nitrogens with one attached hydrogen (secondary N) is 1. The molecule has 2 aliphatic rings. The van der Waals surface area contributed by atoms with E-state index in [1.54, 1.807) is 0 Å². The predicted molar refractivity (Wildman–Crippen MR) is 115 cm³/mol. The number of rotatable bonds is 4. The summed E-state index contributed by atoms with van der Waals surface area (Å²) >= 11 is 0. The molecule has 0 saturated carbocycles. The van der Waals surface area contributed by atoms with Crippen LogP contribution in [0.25, 0.3) is 11.1 Å². The van der Waals surface area contributed by atoms with Crippen molar-refractivity contribution in [3.8, 4) is 16.9 Å². The zero-order chi connectivity index (χ0) is 18.6. The Morgan fingerprint density at radius 3 is 2.14 bits per heavy atom. The van der Waals surface area contributed by atoms with Crippen LogP contribution in [0.5, 0.6) is 5.75 Å². The third-order valence-corrected chi connectivity index (χ3v) is 5.95. The number of likely N-dealkylation sites (tertiary alicyclic amines) is 1. The minimum absolute atomic E-state index is 0. The number of hydrogen-bond donors (Lipinski definition) is 1. The highest BCUT2D eigenvalue weighted by atomic mass is 35.5. The van der Waals surface area contributed by atoms with Gasteiger partial charge in [-0.15, -0.1) is 12.4 Å². The number of halogens is 1. The summed E-state index contributed by atoms with van der Waals surface area (Å²) < 4.78 is 5.95. The molecule has 4 nitrogen and oxygen atoms in total. The van der Waals surface area contributed by atoms with Gasteiger partial charge in [0, 0.05) is 13.1 Å². The van der Waals surface area contributed by atoms with E-state index < -0.39 is 6.10 Å². The summed E-state index contributed by atoms with van der Waals surface area (Å²) in [6, 6.07) is 18.2. The molecule has 1 N–H and O–H groups in total. The Labute approximate surface area is 173 Å². The molecule has 0 radical (unpaired) electrons. The summed E-state index contributed by atoms with van der Waals surface area (Å²) in [4.78, 5) is 14.8. The summed E-state index contributed by atoms with van der Waals surface area (Å²) in [6.45, 7) is 5.77. The van der Waals surface area contributed by atoms with Gasteiger partial charge in [-0.05, 0) is 68.0 Å². The average molecular weight is 401 g/mol. The molecular formula is C23H29ClN2O2. The van der Waals surface area contributed by atoms with Gasteiger partial charge in [0.2, 0.25) is 0 Å². The fourth-order valence-corrected chi connectivity index (χ4v) is 4.31. The lowest BCUT2D eigenvalue weighted by Gasteiger charge is -2.25. The van der Waals surface area contributed by atoms with Crippen molar-refractivity contribution in [2.75, 3.05) is 26.2 Å². The summed E-state index contributed by atoms with van der Waals surface area (Å²) in [7, 11) is 0. The number of carbonyl (C=O) groups is 1. The van der Waals surface area contributed by atoms with Crippen LogP contribution in [0.2, 0.25) is 0 Å². The lowest BCUT2D eigenvalue weighted by Crippen LogP contribution is -2.41. The van der Waals surface area contributed by atoms with Crippen molar-refractivity contribution in [2.45, 2.75) is 25.9 Å². The van der Waals surface area contributed by atoms with Crippen LogP contribution in [-0.4, -0.2) is 43.1 Å². The van der Waals surface area contributed by atoms with E-state index in [4.69, 9.17) is 4.74 Å². The van der Waals surface area contributed by atoms with Crippen LogP contribution in [0.4, 0.5) is 0 Å². The van der Waals surface area contributed by atoms with E-state index in [-0.39, 0.29) is 18.3 Å². The number of carbonyl (C=O) groups excluding carboxylic acids is 1. The Morgan fingerprint density at radius 2 is 1.54 bits per heavy atom. The maximum atomic E-state index is 12.8. The molecule has 1 amide bonds. The van der Waals surface area contributed by atoms with Crippen molar-refractivity contribution in [3.63, 3.8) is 0 Å². The summed E-state index contributed by atoms with van der Waals surface area (Å²) in [6.07, 6.45) is 1.74. The Bertz CT molecular complexity index is 752. The highest BCUT2D eigenvalue weighted by Gasteiger charge is 2.32. The van der Waals surface area contributed by atoms with Gasteiger partial charge in [0.15, 0.2) is 6.10 Å². The van der Waals surface area contributed by atoms with Gasteiger partial charge in [0.05, 0.1) is 0 Å². The Hall–Kier alpha value is -2.04. The van der Waals surface area contributed by atoms with Crippen LogP contribution in [0.3, 0.4) is 0 Å². The van der Waals surface area contributed by atoms with Crippen LogP contribution in [0.1, 0.15) is 19.8 Å². The van der Waals surface area contributed by atoms with Gasteiger partial charge < -0.3 is 15.0 Å². The van der Waals surface area contributed by atoms with E-state index in [0.29, 0.717) is 0 Å². The molecular weight excluding hydrogens is 372 g/mol. The van der Waals surface area contributed by atoms with E-state index in [1.165, 1.54) is 5.56 Å². The third kappa shape index (κ3) is 4.68. The minimum atomic E-state index is -0.455. The molecule has 0 aromatic heterocycles. The van der Waals surface area contributed by atoms with Gasteiger partial charge in [-0.3, -0.25) is 4.79 Å². The van der Waals surface area contributed by atoms with Gasteiger partial charge >= 0.3 is 0 Å². The molecule has 0 spiro atoms. The first-order chi connectivity index (χ1) is 13.2. The second-order valence-electron chi connectivity index (χ2n) is 7.73. The fourth-order valence-electron chi connectivity index (χ4n) is 4.31. The monoisotopic (exact) mass is 400 g/mol. The van der Waals surface area contributed by atoms with Crippen molar-refractivity contribution in [3.05, 3.63) is 54.6 Å². The molecule has 2 heterocycles. The topological polar surface area (TPSA) is 41.6 Å². The standard InChI is InChI=1S/C23H28N2O2.ClH/c1-17(23(26)25-13-11-20-15-24-16-21(20)12-14-25)27-22-9-7-19(8-10-22)18-5-3-2-4-6-18;/h2-10,17,20-21,24H,11-16H2,1H3;1H/t17?,20-,21+;. The molecule has 4 rings (SSSR count). The van der Waals surface area contributed by atoms with Gasteiger partial charge in [0.25, 0.3) is 5.91 Å². The molecule has 2 fully saturated rings. The maximum absolute atomic E-state index is 12.8. The van der Waals surface area contributed by atoms with Crippen LogP contribution in [0.15, 0.2) is 54.6 Å². The van der Waals surface area contributed by atoms with Gasteiger partial charge in [-0.25, -0.2) is 0 Å².